The van der Waals surface area contributed by atoms with Gasteiger partial charge >= 0.3 is 0 Å². The summed E-state index contributed by atoms with van der Waals surface area (Å²) >= 11 is 0. The number of rotatable bonds is 8. The van der Waals surface area contributed by atoms with Crippen LogP contribution in [0.5, 0.6) is 0 Å². The highest BCUT2D eigenvalue weighted by Gasteiger charge is 2.46. The van der Waals surface area contributed by atoms with Crippen LogP contribution in [0.4, 0.5) is 8.78 Å². The molecule has 6 N–H and O–H groups in total. The predicted molar refractivity (Wildman–Crippen MR) is 161 cm³/mol. The standard InChI is InChI=1S/C31H52F2N8O/c1-18(2)41-19(3)35-29-23(32)10-22(11-26(29)41)28-24(33)12-34-30(38-28)37-27-7-6-21-16-39(9-8-25(21)36-27)13-20-14-40(15-20)17-31(4,5)42/h7,10,18-21,23,25-26,29-30,34-38,42H,6,8-9,11-17H2,1-5H3/t19-,21+,23-,25-,26+,29?,30+/m0/s1. The molecule has 3 saturated heterocycles. The number of allylic oxidation sites excluding steroid dienone is 2. The zero-order chi connectivity index (χ0) is 29.8. The molecule has 5 aliphatic heterocycles. The van der Waals surface area contributed by atoms with Gasteiger partial charge in [-0.3, -0.25) is 20.4 Å². The van der Waals surface area contributed by atoms with Crippen molar-refractivity contribution in [3.05, 3.63) is 35.1 Å². The van der Waals surface area contributed by atoms with Gasteiger partial charge in [0.1, 0.15) is 12.0 Å². The van der Waals surface area contributed by atoms with Crippen LogP contribution in [0.1, 0.15) is 53.9 Å². The summed E-state index contributed by atoms with van der Waals surface area (Å²) in [6.07, 6.45) is 5.14. The number of alkyl halides is 1. The number of piperidine rings is 1. The Morgan fingerprint density at radius 1 is 1.17 bits per heavy atom. The van der Waals surface area contributed by atoms with E-state index in [-0.39, 0.29) is 43.0 Å². The summed E-state index contributed by atoms with van der Waals surface area (Å²) in [5.41, 5.74) is 0.526. The molecule has 42 heavy (non-hydrogen) atoms. The smallest absolute Gasteiger partial charge is 0.154 e. The Kier molecular flexibility index (Phi) is 8.63. The number of hydrogen-bond donors (Lipinski definition) is 6. The van der Waals surface area contributed by atoms with Crippen molar-refractivity contribution in [2.24, 2.45) is 11.8 Å². The topological polar surface area (TPSA) is 90.1 Å². The quantitative estimate of drug-likeness (QED) is 0.252. The molecule has 11 heteroatoms. The molecule has 0 aromatic rings. The first-order valence-electron chi connectivity index (χ1n) is 16.1. The number of likely N-dealkylation sites (tertiary alicyclic amines) is 2. The highest BCUT2D eigenvalue weighted by atomic mass is 19.1. The van der Waals surface area contributed by atoms with Crippen LogP contribution in [0.15, 0.2) is 35.1 Å². The minimum Gasteiger partial charge on any atom is -0.389 e. The fourth-order valence-electron chi connectivity index (χ4n) is 8.32. The Labute approximate surface area is 250 Å². The number of nitrogens with zero attached hydrogens (tertiary/aromatic N) is 3. The average molecular weight is 591 g/mol. The molecule has 6 rings (SSSR count). The molecule has 7 atom stereocenters. The van der Waals surface area contributed by atoms with Gasteiger partial charge in [-0.15, -0.1) is 0 Å². The van der Waals surface area contributed by atoms with Gasteiger partial charge in [0.15, 0.2) is 6.29 Å². The molecular weight excluding hydrogens is 538 g/mol. The molecule has 0 amide bonds. The fraction of sp³-hybridized carbons (Fsp3) is 0.806. The van der Waals surface area contributed by atoms with E-state index in [2.05, 4.69) is 68.1 Å². The van der Waals surface area contributed by atoms with Crippen LogP contribution >= 0.6 is 0 Å². The maximum Gasteiger partial charge on any atom is 0.154 e. The van der Waals surface area contributed by atoms with E-state index in [4.69, 9.17) is 0 Å². The van der Waals surface area contributed by atoms with Gasteiger partial charge in [0.05, 0.1) is 35.9 Å². The Hall–Kier alpha value is -1.76. The van der Waals surface area contributed by atoms with Gasteiger partial charge in [-0.2, -0.15) is 0 Å². The third-order valence-corrected chi connectivity index (χ3v) is 9.99. The SMILES string of the molecule is CC(C)N1[C@@H]2CC(C3=C(F)CN[C@H](NC4=CC[C@@H]5CN(CC6CN(CC(C)(C)O)C6)CC[C@@H]5N4)N3)=C[C@H](F)C2N[C@@H]1C. The van der Waals surface area contributed by atoms with Crippen LogP contribution in [0.3, 0.4) is 0 Å². The van der Waals surface area contributed by atoms with Crippen molar-refractivity contribution in [2.45, 2.75) is 102 Å². The van der Waals surface area contributed by atoms with Crippen molar-refractivity contribution in [1.29, 1.82) is 0 Å². The molecule has 236 valence electrons. The van der Waals surface area contributed by atoms with Crippen LogP contribution in [0.2, 0.25) is 0 Å². The lowest BCUT2D eigenvalue weighted by atomic mass is 9.86. The van der Waals surface area contributed by atoms with E-state index in [1.54, 1.807) is 6.08 Å². The van der Waals surface area contributed by atoms with Crippen LogP contribution in [0, 0.1) is 11.8 Å². The second kappa shape index (κ2) is 12.0. The normalized spacial score (nSPS) is 36.9. The number of β-amino-alcohol motifs (C(OH)–C–C–N with tert-alkyl or cyclic N) is 1. The molecule has 9 nitrogen and oxygen atoms in total. The highest BCUT2D eigenvalue weighted by molar-refractivity contribution is 5.39. The first-order valence-corrected chi connectivity index (χ1v) is 16.1. The Balaban J connectivity index is 1.01. The summed E-state index contributed by atoms with van der Waals surface area (Å²) < 4.78 is 30.4. The zero-order valence-corrected chi connectivity index (χ0v) is 26.0. The van der Waals surface area contributed by atoms with Crippen LogP contribution < -0.4 is 26.6 Å². The summed E-state index contributed by atoms with van der Waals surface area (Å²) in [5.74, 6) is 1.97. The first kappa shape index (κ1) is 30.3. The number of nitrogens with one attached hydrogen (secondary N) is 5. The molecular formula is C31H52F2N8O. The van der Waals surface area contributed by atoms with Crippen molar-refractivity contribution in [2.75, 3.05) is 45.8 Å². The second-order valence-corrected chi connectivity index (χ2v) is 14.5. The molecule has 1 unspecified atom stereocenters. The van der Waals surface area contributed by atoms with E-state index in [9.17, 15) is 5.11 Å². The van der Waals surface area contributed by atoms with Gasteiger partial charge in [-0.05, 0) is 83.4 Å². The summed E-state index contributed by atoms with van der Waals surface area (Å²) in [5, 5.41) is 27.2. The molecule has 0 saturated carbocycles. The maximum atomic E-state index is 15.3. The van der Waals surface area contributed by atoms with Crippen molar-refractivity contribution < 1.29 is 13.9 Å². The van der Waals surface area contributed by atoms with E-state index >= 15 is 8.78 Å². The highest BCUT2D eigenvalue weighted by Crippen LogP contribution is 2.36. The van der Waals surface area contributed by atoms with Gasteiger partial charge in [-0.1, -0.05) is 0 Å². The molecule has 1 aliphatic carbocycles. The molecule has 3 fully saturated rings. The summed E-state index contributed by atoms with van der Waals surface area (Å²) in [4.78, 5) is 7.29. The van der Waals surface area contributed by atoms with Crippen molar-refractivity contribution >= 4 is 0 Å². The Morgan fingerprint density at radius 2 is 1.95 bits per heavy atom. The molecule has 0 radical (unpaired) electrons. The van der Waals surface area contributed by atoms with Crippen molar-refractivity contribution in [1.82, 2.24) is 41.3 Å². The average Bonchev–Trinajstić information content (AvgIpc) is 3.24. The van der Waals surface area contributed by atoms with Gasteiger partial charge in [-0.25, -0.2) is 8.78 Å². The Bertz CT molecular complexity index is 1080. The van der Waals surface area contributed by atoms with Gasteiger partial charge in [0.25, 0.3) is 0 Å². The minimum absolute atomic E-state index is 0.000156. The molecule has 6 aliphatic rings. The fourth-order valence-corrected chi connectivity index (χ4v) is 8.32. The summed E-state index contributed by atoms with van der Waals surface area (Å²) in [7, 11) is 0. The Morgan fingerprint density at radius 3 is 2.69 bits per heavy atom. The van der Waals surface area contributed by atoms with E-state index in [0.717, 1.165) is 63.5 Å². The maximum absolute atomic E-state index is 15.3. The molecule has 0 aromatic heterocycles. The largest absolute Gasteiger partial charge is 0.389 e. The molecule has 0 spiro atoms. The summed E-state index contributed by atoms with van der Waals surface area (Å²) in [6.45, 7) is 16.4. The van der Waals surface area contributed by atoms with E-state index in [0.29, 0.717) is 30.0 Å². The zero-order valence-electron chi connectivity index (χ0n) is 26.0. The van der Waals surface area contributed by atoms with Crippen LogP contribution in [-0.2, 0) is 0 Å². The third kappa shape index (κ3) is 6.51. The van der Waals surface area contributed by atoms with Gasteiger partial charge in [0, 0.05) is 57.4 Å². The monoisotopic (exact) mass is 590 g/mol. The van der Waals surface area contributed by atoms with E-state index in [1.165, 1.54) is 0 Å². The lowest BCUT2D eigenvalue weighted by molar-refractivity contribution is -0.0197. The molecule has 0 aromatic carbocycles. The minimum atomic E-state index is -1.16. The number of aliphatic hydroxyl groups is 1. The molecule has 0 bridgehead atoms. The van der Waals surface area contributed by atoms with Crippen molar-refractivity contribution in [3.8, 4) is 0 Å². The summed E-state index contributed by atoms with van der Waals surface area (Å²) in [6, 6.07) is 0.431. The second-order valence-electron chi connectivity index (χ2n) is 14.5. The first-order chi connectivity index (χ1) is 19.9. The van der Waals surface area contributed by atoms with Crippen LogP contribution in [0.25, 0.3) is 0 Å². The third-order valence-electron chi connectivity index (χ3n) is 9.99. The van der Waals surface area contributed by atoms with Crippen LogP contribution in [-0.4, -0.2) is 114 Å². The number of hydrogen-bond acceptors (Lipinski definition) is 9. The van der Waals surface area contributed by atoms with E-state index in [1.807, 2.05) is 13.8 Å². The predicted octanol–water partition coefficient (Wildman–Crippen LogP) is 1.53. The lowest BCUT2D eigenvalue weighted by Gasteiger charge is -2.47. The lowest BCUT2D eigenvalue weighted by Crippen LogP contribution is -2.60. The molecule has 5 heterocycles. The van der Waals surface area contributed by atoms with Gasteiger partial charge in [0.2, 0.25) is 0 Å². The van der Waals surface area contributed by atoms with E-state index < -0.39 is 11.8 Å². The number of halogens is 2. The van der Waals surface area contributed by atoms with Crippen molar-refractivity contribution in [3.63, 3.8) is 0 Å². The van der Waals surface area contributed by atoms with Gasteiger partial charge < -0.3 is 26.0 Å². The number of fused-ring (bicyclic) bond motifs is 2.